The van der Waals surface area contributed by atoms with Gasteiger partial charge in [-0.15, -0.1) is 0 Å². The number of hydrogen-bond donors (Lipinski definition) is 2. The van der Waals surface area contributed by atoms with Gasteiger partial charge in [-0.05, 0) is 42.2 Å². The Morgan fingerprint density at radius 2 is 1.88 bits per heavy atom. The average Bonchev–Trinajstić information content (AvgIpc) is 2.66. The van der Waals surface area contributed by atoms with Gasteiger partial charge in [0.15, 0.2) is 5.69 Å². The van der Waals surface area contributed by atoms with Crippen molar-refractivity contribution in [3.63, 3.8) is 0 Å². The second kappa shape index (κ2) is 8.12. The topological polar surface area (TPSA) is 83.7 Å². The highest BCUT2D eigenvalue weighted by Gasteiger charge is 2.14. The van der Waals surface area contributed by atoms with Crippen LogP contribution in [0.4, 0.5) is 0 Å². The van der Waals surface area contributed by atoms with E-state index in [1.807, 2.05) is 6.07 Å². The number of aliphatic hydroxyl groups excluding tert-OH is 1. The Labute approximate surface area is 155 Å². The first kappa shape index (κ1) is 18.1. The molecule has 26 heavy (non-hydrogen) atoms. The quantitative estimate of drug-likeness (QED) is 0.695. The predicted octanol–water partition coefficient (Wildman–Crippen LogP) is 2.20. The maximum Gasteiger partial charge on any atom is 0.286 e. The van der Waals surface area contributed by atoms with Crippen molar-refractivity contribution in [2.75, 3.05) is 6.61 Å². The maximum atomic E-state index is 12.6. The van der Waals surface area contributed by atoms with Crippen molar-refractivity contribution in [2.45, 2.75) is 19.4 Å². The molecule has 134 valence electrons. The number of fused-ring (bicyclic) bond motifs is 1. The van der Waals surface area contributed by atoms with Gasteiger partial charge in [-0.3, -0.25) is 14.0 Å². The Hall–Kier alpha value is -2.70. The summed E-state index contributed by atoms with van der Waals surface area (Å²) in [5.41, 5.74) is 1.76. The Balaban J connectivity index is 1.82. The lowest BCUT2D eigenvalue weighted by Gasteiger charge is -2.08. The van der Waals surface area contributed by atoms with E-state index in [9.17, 15) is 9.59 Å². The van der Waals surface area contributed by atoms with Crippen LogP contribution in [0, 0.1) is 0 Å². The van der Waals surface area contributed by atoms with E-state index in [0.29, 0.717) is 23.4 Å². The van der Waals surface area contributed by atoms with Crippen LogP contribution in [0.1, 0.15) is 28.0 Å². The van der Waals surface area contributed by atoms with Crippen molar-refractivity contribution < 1.29 is 9.90 Å². The monoisotopic (exact) mass is 371 g/mol. The number of pyridine rings is 1. The number of aryl methyl sites for hydroxylation is 1. The molecule has 0 bridgehead atoms. The van der Waals surface area contributed by atoms with Gasteiger partial charge in [0.1, 0.15) is 0 Å². The minimum Gasteiger partial charge on any atom is -0.396 e. The summed E-state index contributed by atoms with van der Waals surface area (Å²) >= 11 is 5.84. The van der Waals surface area contributed by atoms with Crippen molar-refractivity contribution in [1.82, 2.24) is 14.7 Å². The molecule has 0 aliphatic carbocycles. The Kier molecular flexibility index (Phi) is 5.65. The number of carbonyl (C=O) groups excluding carboxylic acids is 1. The Morgan fingerprint density at radius 3 is 2.62 bits per heavy atom. The van der Waals surface area contributed by atoms with Crippen molar-refractivity contribution in [3.05, 3.63) is 81.0 Å². The van der Waals surface area contributed by atoms with Gasteiger partial charge in [-0.25, -0.2) is 4.98 Å². The number of aliphatic hydroxyl groups is 1. The van der Waals surface area contributed by atoms with Crippen LogP contribution in [0.2, 0.25) is 5.02 Å². The largest absolute Gasteiger partial charge is 0.396 e. The zero-order valence-corrected chi connectivity index (χ0v) is 14.7. The fourth-order valence-electron chi connectivity index (χ4n) is 2.59. The zero-order valence-electron chi connectivity index (χ0n) is 14.0. The van der Waals surface area contributed by atoms with Crippen LogP contribution in [0.25, 0.3) is 5.52 Å². The van der Waals surface area contributed by atoms with Crippen molar-refractivity contribution in [3.8, 4) is 0 Å². The molecule has 0 atom stereocenters. The zero-order chi connectivity index (χ0) is 18.5. The van der Waals surface area contributed by atoms with Gasteiger partial charge in [0.25, 0.3) is 11.5 Å². The second-order valence-electron chi connectivity index (χ2n) is 5.88. The number of rotatable bonds is 6. The molecular formula is C19H18ClN3O3. The fourth-order valence-corrected chi connectivity index (χ4v) is 2.72. The Morgan fingerprint density at radius 1 is 1.15 bits per heavy atom. The number of hydrogen-bond acceptors (Lipinski definition) is 4. The van der Waals surface area contributed by atoms with Crippen LogP contribution < -0.4 is 10.9 Å². The third-order valence-corrected chi connectivity index (χ3v) is 4.25. The number of amides is 1. The highest BCUT2D eigenvalue weighted by atomic mass is 35.5. The number of nitrogens with zero attached hydrogens (tertiary/aromatic N) is 2. The molecular weight excluding hydrogens is 354 g/mol. The van der Waals surface area contributed by atoms with Crippen LogP contribution in [0.3, 0.4) is 0 Å². The highest BCUT2D eigenvalue weighted by molar-refractivity contribution is 6.30. The van der Waals surface area contributed by atoms with E-state index in [-0.39, 0.29) is 18.8 Å². The van der Waals surface area contributed by atoms with Crippen LogP contribution in [0.5, 0.6) is 0 Å². The third kappa shape index (κ3) is 4.09. The molecule has 2 N–H and O–H groups in total. The lowest BCUT2D eigenvalue weighted by molar-refractivity contribution is 0.0944. The number of benzene rings is 1. The van der Waals surface area contributed by atoms with Gasteiger partial charge >= 0.3 is 0 Å². The van der Waals surface area contributed by atoms with Gasteiger partial charge in [0.2, 0.25) is 0 Å². The van der Waals surface area contributed by atoms with Crippen LogP contribution in [-0.4, -0.2) is 27.0 Å². The molecule has 1 amide bonds. The molecule has 3 rings (SSSR count). The van der Waals surface area contributed by atoms with Crippen molar-refractivity contribution in [1.29, 1.82) is 0 Å². The summed E-state index contributed by atoms with van der Waals surface area (Å²) in [5.74, 6) is -0.528. The minimum atomic E-state index is -0.528. The van der Waals surface area contributed by atoms with Gasteiger partial charge in [0.05, 0.1) is 11.7 Å². The third-order valence-electron chi connectivity index (χ3n) is 3.99. The lowest BCUT2D eigenvalue weighted by Crippen LogP contribution is -2.32. The van der Waals surface area contributed by atoms with E-state index in [1.165, 1.54) is 10.6 Å². The molecule has 7 heteroatoms. The van der Waals surface area contributed by atoms with E-state index in [0.717, 1.165) is 11.1 Å². The summed E-state index contributed by atoms with van der Waals surface area (Å²) in [6, 6.07) is 10.7. The van der Waals surface area contributed by atoms with E-state index >= 15 is 0 Å². The number of nitrogens with one attached hydrogen (secondary N) is 1. The van der Waals surface area contributed by atoms with E-state index in [2.05, 4.69) is 10.3 Å². The lowest BCUT2D eigenvalue weighted by atomic mass is 10.1. The summed E-state index contributed by atoms with van der Waals surface area (Å²) in [6.45, 7) is 0.359. The minimum absolute atomic E-state index is 0.0850. The molecule has 0 aliphatic heterocycles. The molecule has 0 aliphatic rings. The molecule has 0 radical (unpaired) electrons. The average molecular weight is 372 g/mol. The molecule has 0 fully saturated rings. The molecule has 3 aromatic rings. The van der Waals surface area contributed by atoms with E-state index in [1.54, 1.807) is 36.5 Å². The molecule has 6 nitrogen and oxygen atoms in total. The summed E-state index contributed by atoms with van der Waals surface area (Å²) < 4.78 is 1.41. The van der Waals surface area contributed by atoms with Crippen LogP contribution >= 0.6 is 11.6 Å². The standard InChI is InChI=1S/C19H18ClN3O3/c20-15-6-3-13(4-7-15)10-22-18(25)17-19(26)23-12-14(2-1-9-24)5-8-16(23)11-21-17/h3-8,11-12,24H,1-2,9-10H2,(H,22,25). The first-order valence-corrected chi connectivity index (χ1v) is 8.60. The molecule has 0 saturated heterocycles. The smallest absolute Gasteiger partial charge is 0.286 e. The van der Waals surface area contributed by atoms with Gasteiger partial charge in [0, 0.05) is 24.4 Å². The first-order valence-electron chi connectivity index (χ1n) is 8.22. The van der Waals surface area contributed by atoms with Gasteiger partial charge in [-0.1, -0.05) is 29.8 Å². The summed E-state index contributed by atoms with van der Waals surface area (Å²) in [5, 5.41) is 12.3. The van der Waals surface area contributed by atoms with Gasteiger partial charge in [-0.2, -0.15) is 0 Å². The highest BCUT2D eigenvalue weighted by Crippen LogP contribution is 2.09. The number of carbonyl (C=O) groups is 1. The van der Waals surface area contributed by atoms with E-state index in [4.69, 9.17) is 16.7 Å². The van der Waals surface area contributed by atoms with Crippen LogP contribution in [-0.2, 0) is 13.0 Å². The summed E-state index contributed by atoms with van der Waals surface area (Å²) in [7, 11) is 0. The summed E-state index contributed by atoms with van der Waals surface area (Å²) in [4.78, 5) is 29.0. The van der Waals surface area contributed by atoms with Crippen molar-refractivity contribution in [2.24, 2.45) is 0 Å². The predicted molar refractivity (Wildman–Crippen MR) is 99.5 cm³/mol. The molecule has 1 aromatic carbocycles. The maximum absolute atomic E-state index is 12.6. The first-order chi connectivity index (χ1) is 12.6. The van der Waals surface area contributed by atoms with Crippen LogP contribution in [0.15, 0.2) is 53.6 Å². The molecule has 0 spiro atoms. The SMILES string of the molecule is O=C(NCc1ccc(Cl)cc1)c1ncc2ccc(CCCO)cn2c1=O. The molecule has 2 heterocycles. The fraction of sp³-hybridized carbons (Fsp3) is 0.211. The normalized spacial score (nSPS) is 10.8. The van der Waals surface area contributed by atoms with E-state index < -0.39 is 11.5 Å². The molecule has 0 unspecified atom stereocenters. The molecule has 0 saturated carbocycles. The summed E-state index contributed by atoms with van der Waals surface area (Å²) in [6.07, 6.45) is 4.44. The second-order valence-corrected chi connectivity index (χ2v) is 6.32. The van der Waals surface area contributed by atoms with Crippen molar-refractivity contribution >= 4 is 23.0 Å². The number of aromatic nitrogens is 2. The number of halogens is 1. The molecule has 2 aromatic heterocycles. The Bertz CT molecular complexity index is 983. The van der Waals surface area contributed by atoms with Gasteiger partial charge < -0.3 is 10.4 Å².